The van der Waals surface area contributed by atoms with Crippen LogP contribution in [0.15, 0.2) is 17.1 Å². The number of hydrogen-bond acceptors (Lipinski definition) is 6. The number of benzene rings is 1. The molecule has 1 aliphatic rings. The van der Waals surface area contributed by atoms with Crippen molar-refractivity contribution in [2.45, 2.75) is 6.04 Å². The number of aliphatic imine (C=N–C) groups is 1. The highest BCUT2D eigenvalue weighted by Gasteiger charge is 2.27. The van der Waals surface area contributed by atoms with Crippen LogP contribution in [0.1, 0.15) is 5.56 Å². The number of nitrogens with zero attached hydrogens (tertiary/aromatic N) is 1. The molecule has 0 bridgehead atoms. The smallest absolute Gasteiger partial charge is 0.329 e. The monoisotopic (exact) mass is 255 g/mol. The summed E-state index contributed by atoms with van der Waals surface area (Å²) in [6.07, 6.45) is 0. The van der Waals surface area contributed by atoms with Gasteiger partial charge in [0.15, 0.2) is 17.5 Å². The predicted molar refractivity (Wildman–Crippen MR) is 61.9 cm³/mol. The van der Waals surface area contributed by atoms with Crippen LogP contribution >= 0.6 is 11.8 Å². The highest BCUT2D eigenvalue weighted by Crippen LogP contribution is 2.36. The van der Waals surface area contributed by atoms with Crippen LogP contribution in [0.5, 0.6) is 17.2 Å². The molecule has 7 heteroatoms. The van der Waals surface area contributed by atoms with Crippen molar-refractivity contribution >= 4 is 22.8 Å². The van der Waals surface area contributed by atoms with Gasteiger partial charge in [0, 0.05) is 11.8 Å². The van der Waals surface area contributed by atoms with Gasteiger partial charge in [0.05, 0.1) is 5.56 Å². The molecule has 0 aromatic heterocycles. The lowest BCUT2D eigenvalue weighted by atomic mass is 10.2. The molecule has 2 rings (SSSR count). The van der Waals surface area contributed by atoms with Gasteiger partial charge in [-0.15, -0.1) is 11.8 Å². The van der Waals surface area contributed by atoms with E-state index in [9.17, 15) is 15.0 Å². The molecule has 17 heavy (non-hydrogen) atoms. The Hall–Kier alpha value is -1.89. The molecule has 1 aromatic rings. The third kappa shape index (κ3) is 2.14. The van der Waals surface area contributed by atoms with Crippen molar-refractivity contribution in [1.29, 1.82) is 0 Å². The maximum atomic E-state index is 10.7. The zero-order valence-corrected chi connectivity index (χ0v) is 9.31. The number of carboxylic acids is 1. The Kier molecular flexibility index (Phi) is 2.84. The lowest BCUT2D eigenvalue weighted by Crippen LogP contribution is -2.17. The number of rotatable bonds is 2. The number of hydrogen-bond donors (Lipinski definition) is 4. The van der Waals surface area contributed by atoms with Crippen LogP contribution in [0.3, 0.4) is 0 Å². The standard InChI is InChI=1S/C10H9NO5S/c12-6-2-8(14)7(13)1-4(6)9-11-5(3-17-9)10(15)16/h1-2,5,12-14H,3H2,(H,15,16)/t5-/m1/s1. The normalized spacial score (nSPS) is 19.1. The van der Waals surface area contributed by atoms with Crippen LogP contribution < -0.4 is 0 Å². The van der Waals surface area contributed by atoms with E-state index in [-0.39, 0.29) is 22.8 Å². The Morgan fingerprint density at radius 3 is 2.47 bits per heavy atom. The molecule has 0 amide bonds. The summed E-state index contributed by atoms with van der Waals surface area (Å²) in [4.78, 5) is 14.6. The molecule has 1 atom stereocenters. The molecule has 6 nitrogen and oxygen atoms in total. The van der Waals surface area contributed by atoms with E-state index in [0.717, 1.165) is 12.1 Å². The van der Waals surface area contributed by atoms with Crippen LogP contribution in [-0.2, 0) is 4.79 Å². The number of aliphatic carboxylic acids is 1. The summed E-state index contributed by atoms with van der Waals surface area (Å²) in [5.41, 5.74) is 0.217. The topological polar surface area (TPSA) is 110 Å². The van der Waals surface area contributed by atoms with E-state index in [1.54, 1.807) is 0 Å². The molecule has 4 N–H and O–H groups in total. The van der Waals surface area contributed by atoms with Gasteiger partial charge < -0.3 is 20.4 Å². The zero-order valence-electron chi connectivity index (χ0n) is 8.49. The van der Waals surface area contributed by atoms with Gasteiger partial charge in [0.25, 0.3) is 0 Å². The Morgan fingerprint density at radius 1 is 1.24 bits per heavy atom. The van der Waals surface area contributed by atoms with Crippen LogP contribution in [-0.4, -0.2) is 43.2 Å². The van der Waals surface area contributed by atoms with Crippen molar-refractivity contribution in [3.63, 3.8) is 0 Å². The molecule has 1 aromatic carbocycles. The van der Waals surface area contributed by atoms with E-state index < -0.39 is 17.8 Å². The van der Waals surface area contributed by atoms with E-state index >= 15 is 0 Å². The molecule has 0 spiro atoms. The number of carboxylic acid groups (broad SMARTS) is 1. The van der Waals surface area contributed by atoms with Crippen molar-refractivity contribution in [3.05, 3.63) is 17.7 Å². The number of aromatic hydroxyl groups is 3. The van der Waals surface area contributed by atoms with E-state index in [1.807, 2.05) is 0 Å². The number of phenols is 3. The summed E-state index contributed by atoms with van der Waals surface area (Å²) in [5, 5.41) is 37.2. The number of phenolic OH excluding ortho intramolecular Hbond substituents is 3. The lowest BCUT2D eigenvalue weighted by molar-refractivity contribution is -0.137. The van der Waals surface area contributed by atoms with Gasteiger partial charge in [-0.25, -0.2) is 4.79 Å². The highest BCUT2D eigenvalue weighted by molar-refractivity contribution is 8.14. The van der Waals surface area contributed by atoms with Crippen LogP contribution in [0.25, 0.3) is 0 Å². The van der Waals surface area contributed by atoms with Crippen molar-refractivity contribution < 1.29 is 25.2 Å². The first-order valence-corrected chi connectivity index (χ1v) is 5.66. The first-order chi connectivity index (χ1) is 7.99. The maximum absolute atomic E-state index is 10.7. The van der Waals surface area contributed by atoms with Gasteiger partial charge in [-0.3, -0.25) is 4.99 Å². The Bertz CT molecular complexity index is 514. The quantitative estimate of drug-likeness (QED) is 0.458. The lowest BCUT2D eigenvalue weighted by Gasteiger charge is -2.05. The zero-order chi connectivity index (χ0) is 12.6. The van der Waals surface area contributed by atoms with E-state index in [1.165, 1.54) is 11.8 Å². The van der Waals surface area contributed by atoms with E-state index in [4.69, 9.17) is 10.2 Å². The average Bonchev–Trinajstić information content (AvgIpc) is 2.72. The molecule has 1 heterocycles. The minimum atomic E-state index is -1.03. The van der Waals surface area contributed by atoms with E-state index in [2.05, 4.69) is 4.99 Å². The summed E-state index contributed by atoms with van der Waals surface area (Å²) in [7, 11) is 0. The minimum absolute atomic E-state index is 0.217. The van der Waals surface area contributed by atoms with Crippen molar-refractivity contribution in [2.75, 3.05) is 5.75 Å². The third-order valence-corrected chi connectivity index (χ3v) is 3.34. The fourth-order valence-corrected chi connectivity index (χ4v) is 2.44. The highest BCUT2D eigenvalue weighted by atomic mass is 32.2. The first kappa shape index (κ1) is 11.6. The molecular formula is C10H9NO5S. The van der Waals surface area contributed by atoms with Gasteiger partial charge in [-0.2, -0.15) is 0 Å². The maximum Gasteiger partial charge on any atom is 0.329 e. The predicted octanol–water partition coefficient (Wildman–Crippen LogP) is 0.750. The molecule has 0 aliphatic carbocycles. The van der Waals surface area contributed by atoms with Gasteiger partial charge in [0.1, 0.15) is 10.8 Å². The Morgan fingerprint density at radius 2 is 1.88 bits per heavy atom. The summed E-state index contributed by atoms with van der Waals surface area (Å²) in [6, 6.07) is 1.30. The molecule has 0 saturated carbocycles. The molecule has 0 unspecified atom stereocenters. The molecule has 0 saturated heterocycles. The summed E-state index contributed by atoms with van der Waals surface area (Å²) in [5.74, 6) is -1.83. The minimum Gasteiger partial charge on any atom is -0.507 e. The Labute approximate surface area is 100 Å². The number of thioether (sulfide) groups is 1. The van der Waals surface area contributed by atoms with Crippen molar-refractivity contribution in [3.8, 4) is 17.2 Å². The second-order valence-electron chi connectivity index (χ2n) is 3.46. The number of carbonyl (C=O) groups is 1. The summed E-state index contributed by atoms with van der Waals surface area (Å²) >= 11 is 1.18. The summed E-state index contributed by atoms with van der Waals surface area (Å²) < 4.78 is 0. The fraction of sp³-hybridized carbons (Fsp3) is 0.200. The van der Waals surface area contributed by atoms with Crippen LogP contribution in [0.4, 0.5) is 0 Å². The Balaban J connectivity index is 2.39. The van der Waals surface area contributed by atoms with Crippen LogP contribution in [0, 0.1) is 0 Å². The average molecular weight is 255 g/mol. The molecular weight excluding hydrogens is 246 g/mol. The SMILES string of the molecule is O=C(O)[C@H]1CSC(c2cc(O)c(O)cc2O)=N1. The van der Waals surface area contributed by atoms with Gasteiger partial charge in [-0.05, 0) is 6.07 Å². The van der Waals surface area contributed by atoms with Gasteiger partial charge in [0.2, 0.25) is 0 Å². The molecule has 90 valence electrons. The second kappa shape index (κ2) is 4.17. The van der Waals surface area contributed by atoms with Crippen LogP contribution in [0.2, 0.25) is 0 Å². The summed E-state index contributed by atoms with van der Waals surface area (Å²) in [6.45, 7) is 0. The first-order valence-electron chi connectivity index (χ1n) is 4.67. The van der Waals surface area contributed by atoms with Crippen molar-refractivity contribution in [1.82, 2.24) is 0 Å². The molecule has 0 radical (unpaired) electrons. The fourth-order valence-electron chi connectivity index (χ4n) is 1.38. The van der Waals surface area contributed by atoms with E-state index in [0.29, 0.717) is 5.04 Å². The van der Waals surface area contributed by atoms with Gasteiger partial charge >= 0.3 is 5.97 Å². The molecule has 0 fully saturated rings. The largest absolute Gasteiger partial charge is 0.507 e. The third-order valence-electron chi connectivity index (χ3n) is 2.26. The van der Waals surface area contributed by atoms with Crippen molar-refractivity contribution in [2.24, 2.45) is 4.99 Å². The van der Waals surface area contributed by atoms with Gasteiger partial charge in [-0.1, -0.05) is 0 Å². The second-order valence-corrected chi connectivity index (χ2v) is 4.47. The molecule has 1 aliphatic heterocycles.